The number of carbonyl (C=O) groups is 1. The summed E-state index contributed by atoms with van der Waals surface area (Å²) in [5.74, 6) is 0.132. The summed E-state index contributed by atoms with van der Waals surface area (Å²) in [7, 11) is 0. The second kappa shape index (κ2) is 5.32. The van der Waals surface area contributed by atoms with E-state index in [-0.39, 0.29) is 12.5 Å². The van der Waals surface area contributed by atoms with Crippen LogP contribution in [-0.4, -0.2) is 35.1 Å². The maximum absolute atomic E-state index is 12.1. The molecular formula is C14H19NO2. The zero-order chi connectivity index (χ0) is 12.3. The Morgan fingerprint density at radius 3 is 2.82 bits per heavy atom. The summed E-state index contributed by atoms with van der Waals surface area (Å²) >= 11 is 0. The topological polar surface area (TPSA) is 40.5 Å². The molecule has 1 amide bonds. The molecule has 0 atom stereocenters. The number of aliphatic hydroxyl groups excluding tert-OH is 1. The van der Waals surface area contributed by atoms with Gasteiger partial charge in [-0.2, -0.15) is 0 Å². The van der Waals surface area contributed by atoms with Gasteiger partial charge >= 0.3 is 0 Å². The van der Waals surface area contributed by atoms with E-state index in [0.717, 1.165) is 18.4 Å². The summed E-state index contributed by atoms with van der Waals surface area (Å²) < 4.78 is 0. The van der Waals surface area contributed by atoms with E-state index in [2.05, 4.69) is 0 Å². The highest BCUT2D eigenvalue weighted by Crippen LogP contribution is 2.27. The fourth-order valence-electron chi connectivity index (χ4n) is 2.10. The lowest BCUT2D eigenvalue weighted by Crippen LogP contribution is -2.36. The van der Waals surface area contributed by atoms with Crippen LogP contribution in [-0.2, 0) is 11.2 Å². The number of hydrogen-bond acceptors (Lipinski definition) is 2. The predicted octanol–water partition coefficient (Wildman–Crippen LogP) is 1.52. The third-order valence-corrected chi connectivity index (χ3v) is 3.09. The number of rotatable bonds is 5. The minimum Gasteiger partial charge on any atom is -0.395 e. The van der Waals surface area contributed by atoms with Gasteiger partial charge in [-0.1, -0.05) is 29.8 Å². The van der Waals surface area contributed by atoms with Crippen molar-refractivity contribution in [1.82, 2.24) is 4.90 Å². The molecule has 1 aromatic carbocycles. The summed E-state index contributed by atoms with van der Waals surface area (Å²) in [5, 5.41) is 8.98. The lowest BCUT2D eigenvalue weighted by molar-refractivity contribution is -0.131. The van der Waals surface area contributed by atoms with Crippen LogP contribution in [0.3, 0.4) is 0 Å². The van der Waals surface area contributed by atoms with Gasteiger partial charge < -0.3 is 10.0 Å². The molecule has 3 nitrogen and oxygen atoms in total. The number of aliphatic hydroxyl groups is 1. The third kappa shape index (κ3) is 3.30. The van der Waals surface area contributed by atoms with Gasteiger partial charge in [-0.15, -0.1) is 0 Å². The Morgan fingerprint density at radius 2 is 2.24 bits per heavy atom. The molecule has 0 aliphatic heterocycles. The van der Waals surface area contributed by atoms with E-state index in [1.54, 1.807) is 0 Å². The van der Waals surface area contributed by atoms with Crippen molar-refractivity contribution in [2.75, 3.05) is 13.2 Å². The van der Waals surface area contributed by atoms with E-state index in [1.807, 2.05) is 36.1 Å². The average molecular weight is 233 g/mol. The maximum Gasteiger partial charge on any atom is 0.227 e. The zero-order valence-corrected chi connectivity index (χ0v) is 10.2. The molecule has 0 unspecified atom stereocenters. The molecule has 1 aromatic rings. The molecule has 0 radical (unpaired) electrons. The van der Waals surface area contributed by atoms with Crippen LogP contribution in [0.2, 0.25) is 0 Å². The predicted molar refractivity (Wildman–Crippen MR) is 66.7 cm³/mol. The van der Waals surface area contributed by atoms with Gasteiger partial charge in [0.1, 0.15) is 0 Å². The van der Waals surface area contributed by atoms with E-state index < -0.39 is 0 Å². The van der Waals surface area contributed by atoms with E-state index in [9.17, 15) is 4.79 Å². The lowest BCUT2D eigenvalue weighted by Gasteiger charge is -2.21. The first-order valence-corrected chi connectivity index (χ1v) is 6.16. The minimum absolute atomic E-state index is 0.0516. The highest BCUT2D eigenvalue weighted by molar-refractivity contribution is 5.79. The summed E-state index contributed by atoms with van der Waals surface area (Å²) in [6.07, 6.45) is 2.61. The van der Waals surface area contributed by atoms with Gasteiger partial charge in [0.05, 0.1) is 13.0 Å². The van der Waals surface area contributed by atoms with Gasteiger partial charge in [-0.25, -0.2) is 0 Å². The maximum atomic E-state index is 12.1. The summed E-state index contributed by atoms with van der Waals surface area (Å²) in [4.78, 5) is 13.9. The first-order valence-electron chi connectivity index (χ1n) is 6.16. The van der Waals surface area contributed by atoms with Crippen LogP contribution in [0.1, 0.15) is 24.0 Å². The van der Waals surface area contributed by atoms with E-state index >= 15 is 0 Å². The molecule has 1 aliphatic carbocycles. The largest absolute Gasteiger partial charge is 0.395 e. The Labute approximate surface area is 102 Å². The molecule has 0 aromatic heterocycles. The second-order valence-electron chi connectivity index (χ2n) is 4.71. The first-order chi connectivity index (χ1) is 8.20. The Balaban J connectivity index is 1.99. The fraction of sp³-hybridized carbons (Fsp3) is 0.500. The number of hydrogen-bond donors (Lipinski definition) is 1. The van der Waals surface area contributed by atoms with Crippen molar-refractivity contribution in [2.45, 2.75) is 32.2 Å². The number of aryl methyl sites for hydroxylation is 1. The molecule has 1 saturated carbocycles. The van der Waals surface area contributed by atoms with Crippen molar-refractivity contribution in [3.63, 3.8) is 0 Å². The minimum atomic E-state index is 0.0516. The van der Waals surface area contributed by atoms with Gasteiger partial charge in [0.15, 0.2) is 0 Å². The van der Waals surface area contributed by atoms with Gasteiger partial charge in [0, 0.05) is 12.6 Å². The van der Waals surface area contributed by atoms with Crippen LogP contribution in [0.25, 0.3) is 0 Å². The number of benzene rings is 1. The Kier molecular flexibility index (Phi) is 3.79. The van der Waals surface area contributed by atoms with Crippen molar-refractivity contribution < 1.29 is 9.90 Å². The molecular weight excluding hydrogens is 214 g/mol. The highest BCUT2D eigenvalue weighted by Gasteiger charge is 2.31. The average Bonchev–Trinajstić information content (AvgIpc) is 3.09. The van der Waals surface area contributed by atoms with E-state index in [0.29, 0.717) is 19.0 Å². The normalized spacial score (nSPS) is 14.7. The van der Waals surface area contributed by atoms with Crippen molar-refractivity contribution in [3.05, 3.63) is 35.4 Å². The van der Waals surface area contributed by atoms with Gasteiger partial charge in [0.25, 0.3) is 0 Å². The molecule has 17 heavy (non-hydrogen) atoms. The smallest absolute Gasteiger partial charge is 0.227 e. The van der Waals surface area contributed by atoms with E-state index in [4.69, 9.17) is 5.11 Å². The standard InChI is InChI=1S/C14H19NO2/c1-11-3-2-4-12(9-11)10-14(17)15(7-8-16)13-5-6-13/h2-4,9,13,16H,5-8,10H2,1H3. The molecule has 0 bridgehead atoms. The Hall–Kier alpha value is -1.35. The van der Waals surface area contributed by atoms with Gasteiger partial charge in [0.2, 0.25) is 5.91 Å². The van der Waals surface area contributed by atoms with Crippen LogP contribution in [0.5, 0.6) is 0 Å². The van der Waals surface area contributed by atoms with Crippen LogP contribution < -0.4 is 0 Å². The Bertz CT molecular complexity index is 399. The molecule has 3 heteroatoms. The molecule has 0 saturated heterocycles. The van der Waals surface area contributed by atoms with Crippen LogP contribution in [0, 0.1) is 6.92 Å². The summed E-state index contributed by atoms with van der Waals surface area (Å²) in [6.45, 7) is 2.55. The zero-order valence-electron chi connectivity index (χ0n) is 10.2. The first kappa shape index (κ1) is 12.1. The Morgan fingerprint density at radius 1 is 1.47 bits per heavy atom. The van der Waals surface area contributed by atoms with Crippen molar-refractivity contribution in [2.24, 2.45) is 0 Å². The number of carbonyl (C=O) groups excluding carboxylic acids is 1. The third-order valence-electron chi connectivity index (χ3n) is 3.09. The summed E-state index contributed by atoms with van der Waals surface area (Å²) in [5.41, 5.74) is 2.23. The SMILES string of the molecule is Cc1cccc(CC(=O)N(CCO)C2CC2)c1. The van der Waals surface area contributed by atoms with Crippen LogP contribution in [0.4, 0.5) is 0 Å². The van der Waals surface area contributed by atoms with Crippen molar-refractivity contribution in [3.8, 4) is 0 Å². The van der Waals surface area contributed by atoms with Crippen LogP contribution in [0.15, 0.2) is 24.3 Å². The summed E-state index contributed by atoms with van der Waals surface area (Å²) in [6, 6.07) is 8.40. The molecule has 0 heterocycles. The fourth-order valence-corrected chi connectivity index (χ4v) is 2.10. The second-order valence-corrected chi connectivity index (χ2v) is 4.71. The number of nitrogens with zero attached hydrogens (tertiary/aromatic N) is 1. The molecule has 1 aliphatic rings. The van der Waals surface area contributed by atoms with Gasteiger partial charge in [-0.05, 0) is 25.3 Å². The van der Waals surface area contributed by atoms with Crippen molar-refractivity contribution >= 4 is 5.91 Å². The van der Waals surface area contributed by atoms with Gasteiger partial charge in [-0.3, -0.25) is 4.79 Å². The van der Waals surface area contributed by atoms with E-state index in [1.165, 1.54) is 5.56 Å². The molecule has 1 N–H and O–H groups in total. The quantitative estimate of drug-likeness (QED) is 0.837. The highest BCUT2D eigenvalue weighted by atomic mass is 16.3. The lowest BCUT2D eigenvalue weighted by atomic mass is 10.1. The number of amides is 1. The van der Waals surface area contributed by atoms with Crippen molar-refractivity contribution in [1.29, 1.82) is 0 Å². The molecule has 0 spiro atoms. The molecule has 1 fully saturated rings. The molecule has 2 rings (SSSR count). The monoisotopic (exact) mass is 233 g/mol. The molecule has 92 valence electrons. The van der Waals surface area contributed by atoms with Crippen LogP contribution >= 0.6 is 0 Å².